The topological polar surface area (TPSA) is 49.8 Å². The van der Waals surface area contributed by atoms with Crippen LogP contribution in [0.3, 0.4) is 0 Å². The number of aliphatic imine (C=N–C) groups is 1. The molecule has 2 rings (SSSR count). The zero-order chi connectivity index (χ0) is 17.4. The Balaban J connectivity index is 1.88. The fourth-order valence-corrected chi connectivity index (χ4v) is 2.93. The molecule has 1 aromatic carbocycles. The highest BCUT2D eigenvalue weighted by Crippen LogP contribution is 2.22. The first-order chi connectivity index (χ1) is 11.6. The highest BCUT2D eigenvalue weighted by atomic mass is 35.5. The van der Waals surface area contributed by atoms with Gasteiger partial charge in [-0.25, -0.2) is 9.98 Å². The molecule has 0 saturated heterocycles. The first kappa shape index (κ1) is 18.5. The minimum Gasteiger partial charge on any atom is -0.490 e. The van der Waals surface area contributed by atoms with Crippen molar-refractivity contribution in [1.29, 1.82) is 0 Å². The average Bonchev–Trinajstić information content (AvgIpc) is 2.96. The number of halogens is 1. The van der Waals surface area contributed by atoms with Crippen LogP contribution in [0, 0.1) is 6.92 Å². The lowest BCUT2D eigenvalue weighted by atomic mass is 10.3. The Kier molecular flexibility index (Phi) is 7.34. The molecule has 130 valence electrons. The van der Waals surface area contributed by atoms with Gasteiger partial charge >= 0.3 is 0 Å². The summed E-state index contributed by atoms with van der Waals surface area (Å²) in [5, 5.41) is 7.06. The van der Waals surface area contributed by atoms with Crippen LogP contribution >= 0.6 is 22.9 Å². The Morgan fingerprint density at radius 2 is 2.21 bits per heavy atom. The molecule has 0 saturated carbocycles. The Morgan fingerprint density at radius 1 is 1.42 bits per heavy atom. The van der Waals surface area contributed by atoms with Gasteiger partial charge in [0.2, 0.25) is 0 Å². The number of thiazole rings is 1. The maximum Gasteiger partial charge on any atom is 0.194 e. The van der Waals surface area contributed by atoms with Crippen LogP contribution in [-0.2, 0) is 6.54 Å². The van der Waals surface area contributed by atoms with Crippen molar-refractivity contribution in [3.63, 3.8) is 0 Å². The van der Waals surface area contributed by atoms with Crippen molar-refractivity contribution < 1.29 is 4.74 Å². The van der Waals surface area contributed by atoms with Gasteiger partial charge in [0.15, 0.2) is 5.96 Å². The van der Waals surface area contributed by atoms with Crippen LogP contribution in [0.5, 0.6) is 5.75 Å². The molecule has 0 aliphatic rings. The van der Waals surface area contributed by atoms with Gasteiger partial charge in [-0.15, -0.1) is 11.3 Å². The van der Waals surface area contributed by atoms with Crippen LogP contribution in [0.2, 0.25) is 5.02 Å². The van der Waals surface area contributed by atoms with E-state index in [0.29, 0.717) is 23.9 Å². The number of ether oxygens (including phenoxy) is 1. The van der Waals surface area contributed by atoms with E-state index in [0.717, 1.165) is 29.8 Å². The Hall–Kier alpha value is -1.79. The molecule has 0 aliphatic carbocycles. The predicted molar refractivity (Wildman–Crippen MR) is 101 cm³/mol. The molecule has 1 N–H and O–H groups in total. The average molecular weight is 367 g/mol. The van der Waals surface area contributed by atoms with Crippen molar-refractivity contribution in [2.24, 2.45) is 4.99 Å². The summed E-state index contributed by atoms with van der Waals surface area (Å²) in [6.45, 7) is 6.62. The summed E-state index contributed by atoms with van der Waals surface area (Å²) in [5.41, 5.74) is 1.05. The molecule has 0 atom stereocenters. The van der Waals surface area contributed by atoms with Gasteiger partial charge in [-0.1, -0.05) is 23.7 Å². The molecule has 1 heterocycles. The lowest BCUT2D eigenvalue weighted by molar-refractivity contribution is 0.327. The molecular formula is C17H23ClN4OS. The van der Waals surface area contributed by atoms with Crippen molar-refractivity contribution in [2.45, 2.75) is 20.4 Å². The third kappa shape index (κ3) is 5.69. The molecule has 5 nitrogen and oxygen atoms in total. The van der Waals surface area contributed by atoms with Crippen molar-refractivity contribution >= 4 is 28.9 Å². The second-order valence-corrected chi connectivity index (χ2v) is 6.70. The van der Waals surface area contributed by atoms with E-state index in [9.17, 15) is 0 Å². The maximum atomic E-state index is 6.07. The molecular weight excluding hydrogens is 344 g/mol. The van der Waals surface area contributed by atoms with Gasteiger partial charge in [0.25, 0.3) is 0 Å². The second kappa shape index (κ2) is 9.49. The minimum atomic E-state index is 0.474. The van der Waals surface area contributed by atoms with Gasteiger partial charge in [-0.05, 0) is 26.0 Å². The molecule has 0 bridgehead atoms. The monoisotopic (exact) mass is 366 g/mol. The van der Waals surface area contributed by atoms with Crippen molar-refractivity contribution in [3.8, 4) is 5.75 Å². The summed E-state index contributed by atoms with van der Waals surface area (Å²) in [7, 11) is 2.01. The fraction of sp³-hybridized carbons (Fsp3) is 0.412. The second-order valence-electron chi connectivity index (χ2n) is 5.23. The van der Waals surface area contributed by atoms with Crippen molar-refractivity contribution in [2.75, 3.05) is 26.7 Å². The van der Waals surface area contributed by atoms with E-state index in [1.807, 2.05) is 38.2 Å². The molecule has 1 aromatic heterocycles. The number of guanidine groups is 1. The van der Waals surface area contributed by atoms with Gasteiger partial charge in [-0.2, -0.15) is 0 Å². The summed E-state index contributed by atoms with van der Waals surface area (Å²) >= 11 is 7.73. The van der Waals surface area contributed by atoms with Crippen LogP contribution < -0.4 is 10.1 Å². The first-order valence-electron chi connectivity index (χ1n) is 7.88. The smallest absolute Gasteiger partial charge is 0.194 e. The van der Waals surface area contributed by atoms with E-state index < -0.39 is 0 Å². The molecule has 2 aromatic rings. The Morgan fingerprint density at radius 3 is 2.88 bits per heavy atom. The number of nitrogens with zero attached hydrogens (tertiary/aromatic N) is 3. The highest BCUT2D eigenvalue weighted by Gasteiger charge is 2.08. The Labute approximate surface area is 152 Å². The maximum absolute atomic E-state index is 6.07. The van der Waals surface area contributed by atoms with Crippen LogP contribution in [-0.4, -0.2) is 42.6 Å². The van der Waals surface area contributed by atoms with E-state index in [2.05, 4.69) is 32.5 Å². The first-order valence-corrected chi connectivity index (χ1v) is 9.13. The molecule has 0 unspecified atom stereocenters. The predicted octanol–water partition coefficient (Wildman–Crippen LogP) is 3.58. The quantitative estimate of drug-likeness (QED) is 0.462. The van der Waals surface area contributed by atoms with Crippen LogP contribution in [0.1, 0.15) is 17.6 Å². The fourth-order valence-electron chi connectivity index (χ4n) is 2.14. The molecule has 0 spiro atoms. The third-order valence-corrected chi connectivity index (χ3v) is 4.34. The summed E-state index contributed by atoms with van der Waals surface area (Å²) in [4.78, 5) is 11.2. The third-order valence-electron chi connectivity index (χ3n) is 3.21. The number of rotatable bonds is 7. The molecule has 24 heavy (non-hydrogen) atoms. The van der Waals surface area contributed by atoms with E-state index in [-0.39, 0.29) is 0 Å². The molecule has 0 fully saturated rings. The minimum absolute atomic E-state index is 0.474. The number of para-hydroxylation sites is 1. The van der Waals surface area contributed by atoms with Crippen molar-refractivity contribution in [1.82, 2.24) is 15.2 Å². The molecule has 0 amide bonds. The van der Waals surface area contributed by atoms with Crippen LogP contribution in [0.15, 0.2) is 34.6 Å². The SMILES string of the molecule is CCNC(=NCCOc1ccccc1Cl)N(C)Cc1csc(C)n1. The Bertz CT molecular complexity index is 674. The number of hydrogen-bond donors (Lipinski definition) is 1. The van der Waals surface area contributed by atoms with E-state index in [1.165, 1.54) is 0 Å². The lowest BCUT2D eigenvalue weighted by Crippen LogP contribution is -2.38. The number of aryl methyl sites for hydroxylation is 1. The summed E-state index contributed by atoms with van der Waals surface area (Å²) < 4.78 is 5.67. The van der Waals surface area contributed by atoms with Gasteiger partial charge < -0.3 is 15.0 Å². The molecule has 0 aliphatic heterocycles. The zero-order valence-corrected chi connectivity index (χ0v) is 15.8. The van der Waals surface area contributed by atoms with Gasteiger partial charge in [-0.3, -0.25) is 0 Å². The van der Waals surface area contributed by atoms with Gasteiger partial charge in [0.1, 0.15) is 12.4 Å². The summed E-state index contributed by atoms with van der Waals surface area (Å²) in [6, 6.07) is 7.45. The highest BCUT2D eigenvalue weighted by molar-refractivity contribution is 7.09. The number of benzene rings is 1. The van der Waals surface area contributed by atoms with Gasteiger partial charge in [0.05, 0.1) is 28.8 Å². The van der Waals surface area contributed by atoms with E-state index in [4.69, 9.17) is 16.3 Å². The standard InChI is InChI=1S/C17H23ClN4OS/c1-4-19-17(22(3)11-14-12-24-13(2)21-14)20-9-10-23-16-8-6-5-7-15(16)18/h5-8,12H,4,9-11H2,1-3H3,(H,19,20). The number of hydrogen-bond acceptors (Lipinski definition) is 4. The largest absolute Gasteiger partial charge is 0.490 e. The number of nitrogens with one attached hydrogen (secondary N) is 1. The molecule has 7 heteroatoms. The van der Waals surface area contributed by atoms with Crippen LogP contribution in [0.4, 0.5) is 0 Å². The number of aromatic nitrogens is 1. The summed E-state index contributed by atoms with van der Waals surface area (Å²) in [6.07, 6.45) is 0. The van der Waals surface area contributed by atoms with Crippen LogP contribution in [0.25, 0.3) is 0 Å². The summed E-state index contributed by atoms with van der Waals surface area (Å²) in [5.74, 6) is 1.52. The molecule has 0 radical (unpaired) electrons. The zero-order valence-electron chi connectivity index (χ0n) is 14.3. The van der Waals surface area contributed by atoms with E-state index >= 15 is 0 Å². The van der Waals surface area contributed by atoms with E-state index in [1.54, 1.807) is 11.3 Å². The van der Waals surface area contributed by atoms with Crippen molar-refractivity contribution in [3.05, 3.63) is 45.4 Å². The normalized spacial score (nSPS) is 11.4. The van der Waals surface area contributed by atoms with Gasteiger partial charge in [0, 0.05) is 19.0 Å². The lowest BCUT2D eigenvalue weighted by Gasteiger charge is -2.21.